The maximum absolute atomic E-state index is 12.1. The summed E-state index contributed by atoms with van der Waals surface area (Å²) in [7, 11) is -8.00. The zero-order valence-corrected chi connectivity index (χ0v) is 13.1. The van der Waals surface area contributed by atoms with E-state index in [9.17, 15) is 16.8 Å². The van der Waals surface area contributed by atoms with E-state index < -0.39 is 24.9 Å². The minimum Gasteiger partial charge on any atom is -0.225 e. The highest BCUT2D eigenvalue weighted by atomic mass is 32.2. The molecule has 0 saturated heterocycles. The Hall–Kier alpha value is -0.870. The summed E-state index contributed by atoms with van der Waals surface area (Å²) in [5.41, 5.74) is 0. The van der Waals surface area contributed by atoms with E-state index in [1.54, 1.807) is 6.08 Å². The Morgan fingerprint density at radius 2 is 1.80 bits per heavy atom. The standard InChI is InChI=1S/C11H16N2O4S3/c1-2-8-18-9-7-13-20(16,17)11-6-4-3-5-10(11)19(12,14)15/h2-6,13H,1,7-9H2,(H2,12,14,15). The molecule has 0 aliphatic heterocycles. The smallest absolute Gasteiger partial charge is 0.225 e. The Morgan fingerprint density at radius 3 is 2.35 bits per heavy atom. The average molecular weight is 336 g/mol. The molecule has 0 heterocycles. The van der Waals surface area contributed by atoms with Gasteiger partial charge in [-0.05, 0) is 12.1 Å². The quantitative estimate of drug-likeness (QED) is 0.532. The molecule has 1 aromatic carbocycles. The number of nitrogens with two attached hydrogens (primary N) is 1. The van der Waals surface area contributed by atoms with Crippen molar-refractivity contribution in [2.45, 2.75) is 9.79 Å². The van der Waals surface area contributed by atoms with Crippen molar-refractivity contribution in [3.05, 3.63) is 36.9 Å². The second-order valence-corrected chi connectivity index (χ2v) is 8.17. The molecule has 9 heteroatoms. The fourth-order valence-corrected chi connectivity index (χ4v) is 4.52. The van der Waals surface area contributed by atoms with E-state index in [0.717, 1.165) is 11.8 Å². The number of rotatable bonds is 8. The molecular formula is C11H16N2O4S3. The Bertz CT molecular complexity index is 669. The van der Waals surface area contributed by atoms with E-state index in [4.69, 9.17) is 5.14 Å². The normalized spacial score (nSPS) is 12.2. The Kier molecular flexibility index (Phi) is 6.21. The van der Waals surface area contributed by atoms with Crippen LogP contribution in [0, 0.1) is 0 Å². The Labute approximate surface area is 123 Å². The van der Waals surface area contributed by atoms with Gasteiger partial charge >= 0.3 is 0 Å². The lowest BCUT2D eigenvalue weighted by molar-refractivity contribution is 0.575. The third kappa shape index (κ3) is 4.91. The number of benzene rings is 1. The summed E-state index contributed by atoms with van der Waals surface area (Å²) in [5.74, 6) is 1.28. The molecule has 0 fully saturated rings. The minimum atomic E-state index is -4.09. The first-order valence-electron chi connectivity index (χ1n) is 5.59. The Balaban J connectivity index is 2.91. The van der Waals surface area contributed by atoms with Crippen LogP contribution in [0.2, 0.25) is 0 Å². The van der Waals surface area contributed by atoms with E-state index in [2.05, 4.69) is 11.3 Å². The van der Waals surface area contributed by atoms with Crippen molar-refractivity contribution < 1.29 is 16.8 Å². The number of sulfonamides is 2. The van der Waals surface area contributed by atoms with Crippen LogP contribution < -0.4 is 9.86 Å². The number of thioether (sulfide) groups is 1. The molecule has 0 amide bonds. The molecule has 0 aliphatic rings. The highest BCUT2D eigenvalue weighted by Gasteiger charge is 2.23. The van der Waals surface area contributed by atoms with Gasteiger partial charge in [0.25, 0.3) is 0 Å². The van der Waals surface area contributed by atoms with Gasteiger partial charge in [-0.3, -0.25) is 0 Å². The molecule has 20 heavy (non-hydrogen) atoms. The van der Waals surface area contributed by atoms with Gasteiger partial charge in [0, 0.05) is 18.1 Å². The zero-order valence-electron chi connectivity index (χ0n) is 10.7. The fourth-order valence-electron chi connectivity index (χ4n) is 1.40. The molecule has 1 rings (SSSR count). The molecular weight excluding hydrogens is 320 g/mol. The molecule has 0 spiro atoms. The van der Waals surface area contributed by atoms with Gasteiger partial charge in [-0.15, -0.1) is 6.58 Å². The second-order valence-electron chi connectivity index (χ2n) is 3.75. The van der Waals surface area contributed by atoms with Crippen LogP contribution in [0.1, 0.15) is 0 Å². The van der Waals surface area contributed by atoms with Crippen LogP contribution in [0.4, 0.5) is 0 Å². The zero-order chi connectivity index (χ0) is 15.2. The molecule has 0 unspecified atom stereocenters. The first kappa shape index (κ1) is 17.2. The average Bonchev–Trinajstić information content (AvgIpc) is 2.37. The largest absolute Gasteiger partial charge is 0.241 e. The van der Waals surface area contributed by atoms with Crippen molar-refractivity contribution in [3.8, 4) is 0 Å². The fraction of sp³-hybridized carbons (Fsp3) is 0.273. The van der Waals surface area contributed by atoms with E-state index >= 15 is 0 Å². The van der Waals surface area contributed by atoms with Crippen molar-refractivity contribution in [2.75, 3.05) is 18.1 Å². The van der Waals surface area contributed by atoms with E-state index in [0.29, 0.717) is 5.75 Å². The van der Waals surface area contributed by atoms with Crippen LogP contribution in [0.3, 0.4) is 0 Å². The highest BCUT2D eigenvalue weighted by Crippen LogP contribution is 2.19. The summed E-state index contributed by atoms with van der Waals surface area (Å²) < 4.78 is 49.3. The van der Waals surface area contributed by atoms with Crippen molar-refractivity contribution in [1.29, 1.82) is 0 Å². The molecule has 6 nitrogen and oxygen atoms in total. The second kappa shape index (κ2) is 7.23. The molecule has 3 N–H and O–H groups in total. The molecule has 0 bridgehead atoms. The molecule has 0 saturated carbocycles. The summed E-state index contributed by atoms with van der Waals surface area (Å²) in [4.78, 5) is -0.748. The highest BCUT2D eigenvalue weighted by molar-refractivity contribution is 7.99. The molecule has 0 atom stereocenters. The number of nitrogens with one attached hydrogen (secondary N) is 1. The predicted molar refractivity (Wildman–Crippen MR) is 80.5 cm³/mol. The number of hydrogen-bond donors (Lipinski definition) is 2. The van der Waals surface area contributed by atoms with Gasteiger partial charge in [-0.25, -0.2) is 26.7 Å². The monoisotopic (exact) mass is 336 g/mol. The van der Waals surface area contributed by atoms with Crippen LogP contribution in [0.5, 0.6) is 0 Å². The van der Waals surface area contributed by atoms with Gasteiger partial charge in [0.05, 0.1) is 0 Å². The molecule has 1 aromatic rings. The van der Waals surface area contributed by atoms with Crippen molar-refractivity contribution >= 4 is 31.8 Å². The van der Waals surface area contributed by atoms with Crippen LogP contribution in [-0.4, -0.2) is 34.9 Å². The number of hydrogen-bond acceptors (Lipinski definition) is 5. The van der Waals surface area contributed by atoms with Gasteiger partial charge in [0.2, 0.25) is 20.0 Å². The minimum absolute atomic E-state index is 0.194. The maximum atomic E-state index is 12.1. The van der Waals surface area contributed by atoms with Crippen LogP contribution in [0.15, 0.2) is 46.7 Å². The van der Waals surface area contributed by atoms with Gasteiger partial charge in [0.1, 0.15) is 9.79 Å². The molecule has 0 aromatic heterocycles. The third-order valence-electron chi connectivity index (χ3n) is 2.22. The van der Waals surface area contributed by atoms with Crippen molar-refractivity contribution in [1.82, 2.24) is 4.72 Å². The van der Waals surface area contributed by atoms with E-state index in [1.807, 2.05) is 0 Å². The number of primary sulfonamides is 1. The van der Waals surface area contributed by atoms with E-state index in [-0.39, 0.29) is 11.4 Å². The van der Waals surface area contributed by atoms with Crippen LogP contribution in [-0.2, 0) is 20.0 Å². The third-order valence-corrected chi connectivity index (χ3v) is 5.80. The van der Waals surface area contributed by atoms with Gasteiger partial charge in [-0.2, -0.15) is 11.8 Å². The lowest BCUT2D eigenvalue weighted by Gasteiger charge is -2.09. The first-order chi connectivity index (χ1) is 9.29. The molecule has 0 radical (unpaired) electrons. The summed E-state index contributed by atoms with van der Waals surface area (Å²) in [6, 6.07) is 5.23. The summed E-state index contributed by atoms with van der Waals surface area (Å²) in [6.45, 7) is 3.75. The van der Waals surface area contributed by atoms with Gasteiger partial charge < -0.3 is 0 Å². The topological polar surface area (TPSA) is 106 Å². The summed E-state index contributed by atoms with van der Waals surface area (Å²) >= 11 is 1.51. The van der Waals surface area contributed by atoms with Crippen LogP contribution in [0.25, 0.3) is 0 Å². The van der Waals surface area contributed by atoms with Crippen molar-refractivity contribution in [2.24, 2.45) is 5.14 Å². The molecule has 112 valence electrons. The lowest BCUT2D eigenvalue weighted by Crippen LogP contribution is -2.28. The summed E-state index contributed by atoms with van der Waals surface area (Å²) in [5, 5.41) is 5.01. The van der Waals surface area contributed by atoms with Gasteiger partial charge in [0.15, 0.2) is 0 Å². The van der Waals surface area contributed by atoms with Crippen molar-refractivity contribution in [3.63, 3.8) is 0 Å². The predicted octanol–water partition coefficient (Wildman–Crippen LogP) is 0.532. The van der Waals surface area contributed by atoms with E-state index in [1.165, 1.54) is 30.0 Å². The van der Waals surface area contributed by atoms with Crippen LogP contribution >= 0.6 is 11.8 Å². The first-order valence-corrected chi connectivity index (χ1v) is 9.77. The lowest BCUT2D eigenvalue weighted by atomic mass is 10.4. The SMILES string of the molecule is C=CCSCCNS(=O)(=O)c1ccccc1S(N)(=O)=O. The van der Waals surface area contributed by atoms with Gasteiger partial charge in [-0.1, -0.05) is 18.2 Å². The Morgan fingerprint density at radius 1 is 1.20 bits per heavy atom. The molecule has 0 aliphatic carbocycles. The maximum Gasteiger partial charge on any atom is 0.241 e. The summed E-state index contributed by atoms with van der Waals surface area (Å²) in [6.07, 6.45) is 1.72.